The Kier molecular flexibility index (Phi) is 6.45. The van der Waals surface area contributed by atoms with Crippen LogP contribution in [0.1, 0.15) is 29.0 Å². The second kappa shape index (κ2) is 9.82. The van der Waals surface area contributed by atoms with Gasteiger partial charge in [0.2, 0.25) is 5.91 Å². The molecular weight excluding hydrogens is 425 g/mol. The lowest BCUT2D eigenvalue weighted by atomic mass is 9.87. The van der Waals surface area contributed by atoms with Crippen LogP contribution < -0.4 is 0 Å². The predicted octanol–water partition coefficient (Wildman–Crippen LogP) is 5.18. The third-order valence-electron chi connectivity index (χ3n) is 6.93. The Morgan fingerprint density at radius 2 is 1.56 bits per heavy atom. The number of nitrogens with zero attached hydrogens (tertiary/aromatic N) is 3. The van der Waals surface area contributed by atoms with Crippen molar-refractivity contribution < 1.29 is 9.18 Å². The molecule has 0 bridgehead atoms. The van der Waals surface area contributed by atoms with E-state index in [1.165, 1.54) is 17.7 Å². The highest BCUT2D eigenvalue weighted by Crippen LogP contribution is 2.35. The van der Waals surface area contributed by atoms with Gasteiger partial charge in [0.05, 0.1) is 0 Å². The molecule has 0 spiro atoms. The number of carbonyl (C=O) groups excluding carboxylic acids is 1. The second-order valence-corrected chi connectivity index (χ2v) is 9.16. The lowest BCUT2D eigenvalue weighted by Crippen LogP contribution is -2.48. The summed E-state index contributed by atoms with van der Waals surface area (Å²) in [4.78, 5) is 17.8. The Morgan fingerprint density at radius 1 is 0.882 bits per heavy atom. The van der Waals surface area contributed by atoms with Crippen LogP contribution in [0.5, 0.6) is 0 Å². The molecule has 0 aliphatic carbocycles. The highest BCUT2D eigenvalue weighted by Gasteiger charge is 2.27. The molecule has 3 aromatic carbocycles. The molecular formula is C29H30FN3O. The van der Waals surface area contributed by atoms with Gasteiger partial charge in [-0.25, -0.2) is 4.39 Å². The van der Waals surface area contributed by atoms with Crippen LogP contribution in [0, 0.1) is 5.82 Å². The van der Waals surface area contributed by atoms with Crippen molar-refractivity contribution in [2.24, 2.45) is 7.05 Å². The van der Waals surface area contributed by atoms with Gasteiger partial charge in [-0.15, -0.1) is 0 Å². The Hall–Kier alpha value is -3.44. The van der Waals surface area contributed by atoms with E-state index in [1.807, 2.05) is 42.3 Å². The number of hydrogen-bond donors (Lipinski definition) is 0. The molecule has 5 rings (SSSR count). The van der Waals surface area contributed by atoms with E-state index in [0.717, 1.165) is 54.8 Å². The van der Waals surface area contributed by atoms with Crippen molar-refractivity contribution in [1.29, 1.82) is 0 Å². The highest BCUT2D eigenvalue weighted by atomic mass is 19.1. The summed E-state index contributed by atoms with van der Waals surface area (Å²) < 4.78 is 15.8. The van der Waals surface area contributed by atoms with Gasteiger partial charge in [-0.2, -0.15) is 0 Å². The van der Waals surface area contributed by atoms with Crippen LogP contribution in [-0.4, -0.2) is 46.5 Å². The van der Waals surface area contributed by atoms with E-state index < -0.39 is 0 Å². The first-order valence-corrected chi connectivity index (χ1v) is 11.9. The van der Waals surface area contributed by atoms with Crippen LogP contribution >= 0.6 is 0 Å². The van der Waals surface area contributed by atoms with Gasteiger partial charge >= 0.3 is 0 Å². The van der Waals surface area contributed by atoms with Gasteiger partial charge in [0.25, 0.3) is 0 Å². The first kappa shape index (κ1) is 22.4. The number of aromatic nitrogens is 1. The molecule has 1 aliphatic rings. The maximum Gasteiger partial charge on any atom is 0.223 e. The molecule has 1 amide bonds. The SMILES string of the molecule is Cn1cc(C(CC(=O)N2CCN(Cc3ccccc3)CC2)c2ccc(F)cc2)c2ccccc21. The van der Waals surface area contributed by atoms with E-state index in [0.29, 0.717) is 6.42 Å². The number of hydrogen-bond acceptors (Lipinski definition) is 2. The van der Waals surface area contributed by atoms with Gasteiger partial charge in [0.1, 0.15) is 5.82 Å². The van der Waals surface area contributed by atoms with Gasteiger partial charge in [-0.3, -0.25) is 9.69 Å². The van der Waals surface area contributed by atoms with Crippen molar-refractivity contribution in [3.05, 3.63) is 108 Å². The molecule has 1 aliphatic heterocycles. The standard InChI is InChI=1S/C29H30FN3O/c1-31-21-27(25-9-5-6-10-28(25)31)26(23-11-13-24(30)14-12-23)19-29(34)33-17-15-32(16-18-33)20-22-7-3-2-4-8-22/h2-14,21,26H,15-20H2,1H3. The quantitative estimate of drug-likeness (QED) is 0.401. The lowest BCUT2D eigenvalue weighted by Gasteiger charge is -2.35. The van der Waals surface area contributed by atoms with E-state index in [-0.39, 0.29) is 17.6 Å². The fourth-order valence-corrected chi connectivity index (χ4v) is 5.05. The van der Waals surface area contributed by atoms with Crippen molar-refractivity contribution >= 4 is 16.8 Å². The van der Waals surface area contributed by atoms with Crippen LogP contribution in [0.25, 0.3) is 10.9 Å². The second-order valence-electron chi connectivity index (χ2n) is 9.16. The minimum Gasteiger partial charge on any atom is -0.350 e. The number of aryl methyl sites for hydroxylation is 1. The molecule has 1 saturated heterocycles. The molecule has 2 heterocycles. The van der Waals surface area contributed by atoms with Gasteiger partial charge in [0, 0.05) is 69.2 Å². The van der Waals surface area contributed by atoms with Crippen molar-refractivity contribution in [3.63, 3.8) is 0 Å². The van der Waals surface area contributed by atoms with E-state index in [1.54, 1.807) is 0 Å². The summed E-state index contributed by atoms with van der Waals surface area (Å²) in [7, 11) is 2.03. The third-order valence-corrected chi connectivity index (χ3v) is 6.93. The number of fused-ring (bicyclic) bond motifs is 1. The number of amides is 1. The molecule has 1 aromatic heterocycles. The van der Waals surface area contributed by atoms with E-state index >= 15 is 0 Å². The van der Waals surface area contributed by atoms with Crippen molar-refractivity contribution in [3.8, 4) is 0 Å². The normalized spacial score (nSPS) is 15.5. The first-order chi connectivity index (χ1) is 16.6. The van der Waals surface area contributed by atoms with Gasteiger partial charge in [0.15, 0.2) is 0 Å². The van der Waals surface area contributed by atoms with Crippen LogP contribution in [-0.2, 0) is 18.4 Å². The molecule has 0 saturated carbocycles. The zero-order valence-corrected chi connectivity index (χ0v) is 19.5. The smallest absolute Gasteiger partial charge is 0.223 e. The van der Waals surface area contributed by atoms with Crippen LogP contribution in [0.2, 0.25) is 0 Å². The zero-order valence-electron chi connectivity index (χ0n) is 19.5. The average molecular weight is 456 g/mol. The Balaban J connectivity index is 1.34. The zero-order chi connectivity index (χ0) is 23.5. The molecule has 1 atom stereocenters. The third kappa shape index (κ3) is 4.75. The summed E-state index contributed by atoms with van der Waals surface area (Å²) in [5, 5.41) is 1.14. The van der Waals surface area contributed by atoms with Gasteiger partial charge in [-0.1, -0.05) is 60.7 Å². The number of piperazine rings is 1. The lowest BCUT2D eigenvalue weighted by molar-refractivity contribution is -0.133. The molecule has 5 heteroatoms. The van der Waals surface area contributed by atoms with E-state index in [9.17, 15) is 9.18 Å². The molecule has 0 N–H and O–H groups in total. The number of para-hydroxylation sites is 1. The fraction of sp³-hybridized carbons (Fsp3) is 0.276. The molecule has 1 unspecified atom stereocenters. The molecule has 4 aromatic rings. The van der Waals surface area contributed by atoms with Gasteiger partial charge in [-0.05, 0) is 34.9 Å². The predicted molar refractivity (Wildman–Crippen MR) is 134 cm³/mol. The van der Waals surface area contributed by atoms with Crippen molar-refractivity contribution in [1.82, 2.24) is 14.4 Å². The maximum atomic E-state index is 13.7. The number of halogens is 1. The molecule has 4 nitrogen and oxygen atoms in total. The largest absolute Gasteiger partial charge is 0.350 e. The fourth-order valence-electron chi connectivity index (χ4n) is 5.05. The summed E-state index contributed by atoms with van der Waals surface area (Å²) in [6.45, 7) is 4.12. The van der Waals surface area contributed by atoms with E-state index in [4.69, 9.17) is 0 Å². The average Bonchev–Trinajstić information content (AvgIpc) is 3.20. The number of benzene rings is 3. The monoisotopic (exact) mass is 455 g/mol. The molecule has 1 fully saturated rings. The minimum atomic E-state index is -0.263. The summed E-state index contributed by atoms with van der Waals surface area (Å²) >= 11 is 0. The minimum absolute atomic E-state index is 0.124. The van der Waals surface area contributed by atoms with Crippen molar-refractivity contribution in [2.75, 3.05) is 26.2 Å². The van der Waals surface area contributed by atoms with Gasteiger partial charge < -0.3 is 9.47 Å². The molecule has 0 radical (unpaired) electrons. The Labute approximate surface area is 200 Å². The summed E-state index contributed by atoms with van der Waals surface area (Å²) in [6.07, 6.45) is 2.49. The van der Waals surface area contributed by atoms with E-state index in [2.05, 4.69) is 52.1 Å². The van der Waals surface area contributed by atoms with Crippen molar-refractivity contribution in [2.45, 2.75) is 18.9 Å². The maximum absolute atomic E-state index is 13.7. The van der Waals surface area contributed by atoms with Crippen LogP contribution in [0.4, 0.5) is 4.39 Å². The van der Waals surface area contributed by atoms with Crippen LogP contribution in [0.3, 0.4) is 0 Å². The number of rotatable bonds is 6. The Bertz CT molecular complexity index is 1260. The Morgan fingerprint density at radius 3 is 2.29 bits per heavy atom. The number of carbonyl (C=O) groups is 1. The summed E-state index contributed by atoms with van der Waals surface area (Å²) in [6, 6.07) is 25.3. The molecule has 174 valence electrons. The van der Waals surface area contributed by atoms with Crippen LogP contribution in [0.15, 0.2) is 85.1 Å². The summed E-state index contributed by atoms with van der Waals surface area (Å²) in [5.74, 6) is -0.232. The first-order valence-electron chi connectivity index (χ1n) is 11.9. The summed E-state index contributed by atoms with van der Waals surface area (Å²) in [5.41, 5.74) is 4.51. The topological polar surface area (TPSA) is 28.5 Å². The molecule has 34 heavy (non-hydrogen) atoms. The highest BCUT2D eigenvalue weighted by molar-refractivity contribution is 5.86.